The molecule has 0 saturated carbocycles. The van der Waals surface area contributed by atoms with Crippen LogP contribution in [0.5, 0.6) is 0 Å². The van der Waals surface area contributed by atoms with Gasteiger partial charge in [0.2, 0.25) is 0 Å². The molecule has 1 aliphatic heterocycles. The molecule has 7 nitrogen and oxygen atoms in total. The van der Waals surface area contributed by atoms with E-state index >= 15 is 0 Å². The molecule has 0 bridgehead atoms. The van der Waals surface area contributed by atoms with Gasteiger partial charge in [0.05, 0.1) is 19.5 Å². The van der Waals surface area contributed by atoms with Crippen molar-refractivity contribution in [1.29, 1.82) is 0 Å². The normalized spacial score (nSPS) is 16.2. The lowest BCUT2D eigenvalue weighted by Crippen LogP contribution is -2.43. The minimum absolute atomic E-state index is 0. The molecule has 0 amide bonds. The predicted molar refractivity (Wildman–Crippen MR) is 140 cm³/mol. The van der Waals surface area contributed by atoms with Gasteiger partial charge in [0.15, 0.2) is 5.96 Å². The molecule has 8 heteroatoms. The standard InChI is InChI=1S/C23H43N5O2.HI/c1-4-27(5-2)14-6-9-21(3)26-23(25-13-11-22-10-7-18-30-22)24-12-8-15-28-16-19-29-20-17-28;/h7,10,18,21H,4-6,8-9,11-17,19-20H2,1-3H3,(H2,24,25,26);1H. The topological polar surface area (TPSA) is 65.3 Å². The number of aliphatic imine (C=N–C) groups is 1. The number of rotatable bonds is 14. The first-order chi connectivity index (χ1) is 14.7. The van der Waals surface area contributed by atoms with Crippen molar-refractivity contribution in [2.75, 3.05) is 65.6 Å². The number of morpholine rings is 1. The van der Waals surface area contributed by atoms with E-state index in [1.54, 1.807) is 6.26 Å². The Kier molecular flexibility index (Phi) is 16.1. The molecule has 0 aromatic carbocycles. The molecule has 1 saturated heterocycles. The summed E-state index contributed by atoms with van der Waals surface area (Å²) in [4.78, 5) is 9.78. The summed E-state index contributed by atoms with van der Waals surface area (Å²) in [6, 6.07) is 4.35. The van der Waals surface area contributed by atoms with Gasteiger partial charge in [-0.1, -0.05) is 13.8 Å². The molecule has 1 aromatic rings. The lowest BCUT2D eigenvalue weighted by atomic mass is 10.2. The molecular weight excluding hydrogens is 505 g/mol. The zero-order chi connectivity index (χ0) is 21.4. The van der Waals surface area contributed by atoms with Crippen LogP contribution in [0.15, 0.2) is 27.8 Å². The van der Waals surface area contributed by atoms with Crippen LogP contribution >= 0.6 is 24.0 Å². The number of furan rings is 1. The summed E-state index contributed by atoms with van der Waals surface area (Å²) in [5.74, 6) is 1.92. The van der Waals surface area contributed by atoms with Gasteiger partial charge >= 0.3 is 0 Å². The van der Waals surface area contributed by atoms with Crippen molar-refractivity contribution in [2.45, 2.75) is 52.5 Å². The molecule has 1 aromatic heterocycles. The third kappa shape index (κ3) is 12.7. The minimum atomic E-state index is 0. The van der Waals surface area contributed by atoms with Crippen LogP contribution in [0.3, 0.4) is 0 Å². The highest BCUT2D eigenvalue weighted by Gasteiger charge is 2.10. The summed E-state index contributed by atoms with van der Waals surface area (Å²) in [7, 11) is 0. The maximum atomic E-state index is 5.44. The summed E-state index contributed by atoms with van der Waals surface area (Å²) in [5.41, 5.74) is 0. The zero-order valence-corrected chi connectivity index (χ0v) is 22.1. The number of guanidine groups is 1. The Morgan fingerprint density at radius 2 is 2.00 bits per heavy atom. The Morgan fingerprint density at radius 1 is 1.23 bits per heavy atom. The highest BCUT2D eigenvalue weighted by atomic mass is 127. The van der Waals surface area contributed by atoms with Gasteiger partial charge in [-0.2, -0.15) is 0 Å². The molecule has 31 heavy (non-hydrogen) atoms. The fourth-order valence-electron chi connectivity index (χ4n) is 3.69. The van der Waals surface area contributed by atoms with E-state index in [1.165, 1.54) is 6.42 Å². The molecular formula is C23H44IN5O2. The van der Waals surface area contributed by atoms with Crippen molar-refractivity contribution < 1.29 is 9.15 Å². The first kappa shape index (κ1) is 28.2. The number of nitrogens with one attached hydrogen (secondary N) is 2. The van der Waals surface area contributed by atoms with E-state index in [9.17, 15) is 0 Å². The average Bonchev–Trinajstić information content (AvgIpc) is 3.28. The van der Waals surface area contributed by atoms with E-state index in [1.807, 2.05) is 12.1 Å². The van der Waals surface area contributed by atoms with Crippen molar-refractivity contribution >= 4 is 29.9 Å². The number of nitrogens with zero attached hydrogens (tertiary/aromatic N) is 3. The van der Waals surface area contributed by atoms with Crippen LogP contribution in [0.2, 0.25) is 0 Å². The summed E-state index contributed by atoms with van der Waals surface area (Å²) >= 11 is 0. The molecule has 2 heterocycles. The van der Waals surface area contributed by atoms with Crippen molar-refractivity contribution in [3.8, 4) is 0 Å². The lowest BCUT2D eigenvalue weighted by Gasteiger charge is -2.26. The Labute approximate surface area is 206 Å². The maximum absolute atomic E-state index is 5.44. The molecule has 0 spiro atoms. The summed E-state index contributed by atoms with van der Waals surface area (Å²) in [6.07, 6.45) is 6.00. The number of hydrogen-bond donors (Lipinski definition) is 2. The van der Waals surface area contributed by atoms with Gasteiger partial charge in [0.1, 0.15) is 5.76 Å². The van der Waals surface area contributed by atoms with Crippen LogP contribution in [0.25, 0.3) is 0 Å². The van der Waals surface area contributed by atoms with Gasteiger partial charge < -0.3 is 24.7 Å². The molecule has 2 rings (SSSR count). The van der Waals surface area contributed by atoms with Crippen LogP contribution in [0, 0.1) is 0 Å². The van der Waals surface area contributed by atoms with E-state index in [2.05, 4.69) is 41.2 Å². The Bertz CT molecular complexity index is 560. The molecule has 0 aliphatic carbocycles. The first-order valence-corrected chi connectivity index (χ1v) is 11.8. The third-order valence-electron chi connectivity index (χ3n) is 5.64. The molecule has 1 unspecified atom stereocenters. The fourth-order valence-corrected chi connectivity index (χ4v) is 3.69. The van der Waals surface area contributed by atoms with E-state index in [4.69, 9.17) is 14.1 Å². The Hall–Kier alpha value is -0.840. The number of halogens is 1. The van der Waals surface area contributed by atoms with E-state index in [0.29, 0.717) is 6.04 Å². The van der Waals surface area contributed by atoms with Crippen LogP contribution < -0.4 is 10.6 Å². The smallest absolute Gasteiger partial charge is 0.191 e. The minimum Gasteiger partial charge on any atom is -0.469 e. The van der Waals surface area contributed by atoms with E-state index in [-0.39, 0.29) is 24.0 Å². The predicted octanol–water partition coefficient (Wildman–Crippen LogP) is 3.21. The van der Waals surface area contributed by atoms with Crippen LogP contribution in [-0.4, -0.2) is 87.4 Å². The second kappa shape index (κ2) is 17.7. The van der Waals surface area contributed by atoms with Gasteiger partial charge in [-0.25, -0.2) is 0 Å². The summed E-state index contributed by atoms with van der Waals surface area (Å²) in [5, 5.41) is 7.09. The Morgan fingerprint density at radius 3 is 2.68 bits per heavy atom. The highest BCUT2D eigenvalue weighted by molar-refractivity contribution is 14.0. The summed E-state index contributed by atoms with van der Waals surface area (Å²) < 4.78 is 10.9. The quantitative estimate of drug-likeness (QED) is 0.161. The first-order valence-electron chi connectivity index (χ1n) is 11.8. The van der Waals surface area contributed by atoms with Gasteiger partial charge in [-0.3, -0.25) is 9.89 Å². The zero-order valence-electron chi connectivity index (χ0n) is 19.8. The summed E-state index contributed by atoms with van der Waals surface area (Å²) in [6.45, 7) is 16.7. The second-order valence-electron chi connectivity index (χ2n) is 8.01. The number of hydrogen-bond acceptors (Lipinski definition) is 5. The molecule has 180 valence electrons. The third-order valence-corrected chi connectivity index (χ3v) is 5.64. The maximum Gasteiger partial charge on any atom is 0.191 e. The molecule has 1 atom stereocenters. The van der Waals surface area contributed by atoms with Crippen LogP contribution in [-0.2, 0) is 11.2 Å². The second-order valence-corrected chi connectivity index (χ2v) is 8.01. The highest BCUT2D eigenvalue weighted by Crippen LogP contribution is 2.02. The average molecular weight is 550 g/mol. The lowest BCUT2D eigenvalue weighted by molar-refractivity contribution is 0.0377. The SMILES string of the molecule is CCN(CC)CCCC(C)NC(=NCCCN1CCOCC1)NCCc1ccco1.I. The van der Waals surface area contributed by atoms with Crippen molar-refractivity contribution in [1.82, 2.24) is 20.4 Å². The van der Waals surface area contributed by atoms with Gasteiger partial charge in [-0.15, -0.1) is 24.0 Å². The Balaban J connectivity index is 0.00000480. The van der Waals surface area contributed by atoms with E-state index in [0.717, 1.165) is 96.6 Å². The largest absolute Gasteiger partial charge is 0.469 e. The fraction of sp³-hybridized carbons (Fsp3) is 0.783. The molecule has 1 fully saturated rings. The van der Waals surface area contributed by atoms with Crippen molar-refractivity contribution in [3.05, 3.63) is 24.2 Å². The molecule has 0 radical (unpaired) electrons. The molecule has 2 N–H and O–H groups in total. The van der Waals surface area contributed by atoms with Gasteiger partial charge in [0.25, 0.3) is 0 Å². The number of ether oxygens (including phenoxy) is 1. The van der Waals surface area contributed by atoms with Gasteiger partial charge in [0, 0.05) is 45.2 Å². The molecule has 1 aliphatic rings. The monoisotopic (exact) mass is 549 g/mol. The van der Waals surface area contributed by atoms with E-state index < -0.39 is 0 Å². The van der Waals surface area contributed by atoms with Crippen LogP contribution in [0.4, 0.5) is 0 Å². The van der Waals surface area contributed by atoms with Crippen molar-refractivity contribution in [2.24, 2.45) is 4.99 Å². The van der Waals surface area contributed by atoms with Crippen LogP contribution in [0.1, 0.15) is 45.8 Å². The van der Waals surface area contributed by atoms with Crippen molar-refractivity contribution in [3.63, 3.8) is 0 Å². The van der Waals surface area contributed by atoms with Gasteiger partial charge in [-0.05, 0) is 58.0 Å².